The third-order valence-corrected chi connectivity index (χ3v) is 4.46. The quantitative estimate of drug-likeness (QED) is 0.632. The smallest absolute Gasteiger partial charge is 0.191 e. The van der Waals surface area contributed by atoms with Crippen LogP contribution >= 0.6 is 0 Å². The molecule has 28 heavy (non-hydrogen) atoms. The highest BCUT2D eigenvalue weighted by Gasteiger charge is 2.33. The van der Waals surface area contributed by atoms with E-state index in [9.17, 15) is 4.79 Å². The van der Waals surface area contributed by atoms with Crippen molar-refractivity contribution in [3.63, 3.8) is 0 Å². The fraction of sp³-hybridized carbons (Fsp3) is 0.200. The molecular weight excluding hydrogens is 358 g/mol. The summed E-state index contributed by atoms with van der Waals surface area (Å²) in [7, 11) is 1.53. The van der Waals surface area contributed by atoms with Gasteiger partial charge < -0.3 is 19.7 Å². The summed E-state index contributed by atoms with van der Waals surface area (Å²) in [5, 5.41) is 12.1. The SMILES string of the molecule is COc1c(OCC#N)ccc2c1N/C(=C\C(=O)c1cccnc1)N1CCN=C21. The number of methoxy groups -OCH3 is 1. The number of allylic oxidation sites excluding steroid dienone is 1. The van der Waals surface area contributed by atoms with Gasteiger partial charge in [0, 0.05) is 36.1 Å². The summed E-state index contributed by atoms with van der Waals surface area (Å²) in [5.41, 5.74) is 2.00. The molecule has 8 nitrogen and oxygen atoms in total. The molecule has 2 aliphatic heterocycles. The average molecular weight is 375 g/mol. The van der Waals surface area contributed by atoms with Crippen LogP contribution in [0.1, 0.15) is 15.9 Å². The van der Waals surface area contributed by atoms with Crippen LogP contribution in [0.15, 0.2) is 53.5 Å². The molecule has 0 fully saturated rings. The summed E-state index contributed by atoms with van der Waals surface area (Å²) < 4.78 is 11.0. The molecule has 3 heterocycles. The molecule has 0 saturated carbocycles. The number of anilines is 1. The zero-order valence-corrected chi connectivity index (χ0v) is 15.2. The van der Waals surface area contributed by atoms with Gasteiger partial charge in [-0.15, -0.1) is 0 Å². The maximum absolute atomic E-state index is 12.7. The van der Waals surface area contributed by atoms with Crippen LogP contribution < -0.4 is 14.8 Å². The van der Waals surface area contributed by atoms with Crippen molar-refractivity contribution in [2.24, 2.45) is 4.99 Å². The molecule has 8 heteroatoms. The number of aromatic nitrogens is 1. The van der Waals surface area contributed by atoms with Crippen molar-refractivity contribution < 1.29 is 14.3 Å². The van der Waals surface area contributed by atoms with Crippen LogP contribution in [0, 0.1) is 11.3 Å². The van der Waals surface area contributed by atoms with Crippen LogP contribution in [0.2, 0.25) is 0 Å². The Morgan fingerprint density at radius 3 is 3.07 bits per heavy atom. The molecule has 4 rings (SSSR count). The summed E-state index contributed by atoms with van der Waals surface area (Å²) in [6.07, 6.45) is 4.69. The van der Waals surface area contributed by atoms with Gasteiger partial charge in [0.25, 0.3) is 0 Å². The van der Waals surface area contributed by atoms with Gasteiger partial charge in [0.05, 0.1) is 19.3 Å². The molecule has 0 unspecified atom stereocenters. The standard InChI is InChI=1S/C20H17N5O3/c1-27-19-16(28-10-6-21)5-4-14-18(19)24-17(25-9-8-23-20(14)25)11-15(26)13-3-2-7-22-12-13/h2-5,7,11-12,24H,8-10H2,1H3/b17-11+. The van der Waals surface area contributed by atoms with E-state index < -0.39 is 0 Å². The van der Waals surface area contributed by atoms with Crippen molar-refractivity contribution in [3.05, 3.63) is 59.7 Å². The van der Waals surface area contributed by atoms with Gasteiger partial charge in [-0.05, 0) is 24.3 Å². The minimum atomic E-state index is -0.166. The lowest BCUT2D eigenvalue weighted by Gasteiger charge is -2.32. The Bertz CT molecular complexity index is 1020. The molecule has 140 valence electrons. The fourth-order valence-electron chi connectivity index (χ4n) is 3.24. The number of amidine groups is 1. The molecule has 0 aliphatic carbocycles. The average Bonchev–Trinajstić information content (AvgIpc) is 3.23. The van der Waals surface area contributed by atoms with Crippen molar-refractivity contribution in [2.75, 3.05) is 32.1 Å². The van der Waals surface area contributed by atoms with E-state index in [4.69, 9.17) is 14.7 Å². The first-order chi connectivity index (χ1) is 13.7. The molecule has 0 saturated heterocycles. The zero-order chi connectivity index (χ0) is 19.5. The molecule has 0 spiro atoms. The van der Waals surface area contributed by atoms with Gasteiger partial charge in [-0.1, -0.05) is 0 Å². The summed E-state index contributed by atoms with van der Waals surface area (Å²) in [5.74, 6) is 2.11. The monoisotopic (exact) mass is 375 g/mol. The highest BCUT2D eigenvalue weighted by molar-refractivity contribution is 6.11. The van der Waals surface area contributed by atoms with E-state index in [1.54, 1.807) is 24.4 Å². The Morgan fingerprint density at radius 1 is 1.43 bits per heavy atom. The van der Waals surface area contributed by atoms with Crippen LogP contribution in [0.25, 0.3) is 0 Å². The number of hydrogen-bond donors (Lipinski definition) is 1. The van der Waals surface area contributed by atoms with Crippen molar-refractivity contribution in [1.82, 2.24) is 9.88 Å². The summed E-state index contributed by atoms with van der Waals surface area (Å²) in [4.78, 5) is 23.2. The number of ether oxygens (including phenoxy) is 2. The minimum absolute atomic E-state index is 0.0928. The fourth-order valence-corrected chi connectivity index (χ4v) is 3.24. The normalized spacial score (nSPS) is 15.8. The Hall–Kier alpha value is -3.86. The summed E-state index contributed by atoms with van der Waals surface area (Å²) >= 11 is 0. The summed E-state index contributed by atoms with van der Waals surface area (Å²) in [6, 6.07) is 9.01. The van der Waals surface area contributed by atoms with E-state index in [1.165, 1.54) is 19.4 Å². The number of fused-ring (bicyclic) bond motifs is 3. The van der Waals surface area contributed by atoms with E-state index >= 15 is 0 Å². The Morgan fingerprint density at radius 2 is 2.32 bits per heavy atom. The second-order valence-electron chi connectivity index (χ2n) is 6.08. The number of nitriles is 1. The Labute approximate surface area is 161 Å². The van der Waals surface area contributed by atoms with E-state index in [0.29, 0.717) is 41.7 Å². The number of hydrogen-bond acceptors (Lipinski definition) is 8. The second kappa shape index (κ2) is 7.40. The van der Waals surface area contributed by atoms with Gasteiger partial charge in [0.1, 0.15) is 17.7 Å². The number of benzene rings is 1. The van der Waals surface area contributed by atoms with Gasteiger partial charge in [-0.2, -0.15) is 5.26 Å². The highest BCUT2D eigenvalue weighted by Crippen LogP contribution is 2.42. The molecule has 1 N–H and O–H groups in total. The number of pyridine rings is 1. The Kier molecular flexibility index (Phi) is 4.64. The maximum atomic E-state index is 12.7. The number of carbonyl (C=O) groups is 1. The number of nitrogens with zero attached hydrogens (tertiary/aromatic N) is 4. The first-order valence-electron chi connectivity index (χ1n) is 8.69. The molecule has 0 amide bonds. The first-order valence-corrected chi connectivity index (χ1v) is 8.69. The Balaban J connectivity index is 1.76. The lowest BCUT2D eigenvalue weighted by molar-refractivity contribution is 0.104. The van der Waals surface area contributed by atoms with Crippen LogP contribution in [0.4, 0.5) is 5.69 Å². The molecule has 0 bridgehead atoms. The molecule has 0 atom stereocenters. The molecule has 0 radical (unpaired) electrons. The second-order valence-corrected chi connectivity index (χ2v) is 6.08. The molecule has 1 aromatic heterocycles. The van der Waals surface area contributed by atoms with Crippen molar-refractivity contribution in [3.8, 4) is 17.6 Å². The van der Waals surface area contributed by atoms with Gasteiger partial charge in [0.2, 0.25) is 0 Å². The van der Waals surface area contributed by atoms with Crippen LogP contribution in [-0.2, 0) is 0 Å². The van der Waals surface area contributed by atoms with Crippen LogP contribution in [0.3, 0.4) is 0 Å². The zero-order valence-electron chi connectivity index (χ0n) is 15.2. The van der Waals surface area contributed by atoms with E-state index in [0.717, 1.165) is 11.4 Å². The van der Waals surface area contributed by atoms with Crippen LogP contribution in [0.5, 0.6) is 11.5 Å². The minimum Gasteiger partial charge on any atom is -0.491 e. The third kappa shape index (κ3) is 3.03. The van der Waals surface area contributed by atoms with Gasteiger partial charge >= 0.3 is 0 Å². The first kappa shape index (κ1) is 17.5. The van der Waals surface area contributed by atoms with E-state index in [-0.39, 0.29) is 12.4 Å². The number of nitrogens with one attached hydrogen (secondary N) is 1. The van der Waals surface area contributed by atoms with Gasteiger partial charge in [0.15, 0.2) is 23.9 Å². The molecule has 1 aromatic carbocycles. The van der Waals surface area contributed by atoms with Crippen molar-refractivity contribution in [1.29, 1.82) is 5.26 Å². The number of ketones is 1. The number of rotatable bonds is 5. The highest BCUT2D eigenvalue weighted by atomic mass is 16.5. The van der Waals surface area contributed by atoms with Crippen molar-refractivity contribution in [2.45, 2.75) is 0 Å². The molecule has 2 aromatic rings. The summed E-state index contributed by atoms with van der Waals surface area (Å²) in [6.45, 7) is 1.21. The predicted octanol–water partition coefficient (Wildman–Crippen LogP) is 2.20. The predicted molar refractivity (Wildman–Crippen MR) is 102 cm³/mol. The number of aliphatic imine (C=N–C) groups is 1. The van der Waals surface area contributed by atoms with Gasteiger partial charge in [-0.25, -0.2) is 0 Å². The topological polar surface area (TPSA) is 99.8 Å². The van der Waals surface area contributed by atoms with Crippen molar-refractivity contribution >= 4 is 17.3 Å². The van der Waals surface area contributed by atoms with E-state index in [2.05, 4.69) is 15.3 Å². The third-order valence-electron chi connectivity index (χ3n) is 4.46. The van der Waals surface area contributed by atoms with Gasteiger partial charge in [-0.3, -0.25) is 14.8 Å². The largest absolute Gasteiger partial charge is 0.491 e. The molecular formula is C20H17N5O3. The maximum Gasteiger partial charge on any atom is 0.191 e. The molecule has 2 aliphatic rings. The van der Waals surface area contributed by atoms with Crippen LogP contribution in [-0.4, -0.2) is 48.3 Å². The van der Waals surface area contributed by atoms with E-state index in [1.807, 2.05) is 17.0 Å². The lowest BCUT2D eigenvalue weighted by Crippen LogP contribution is -2.36. The lowest BCUT2D eigenvalue weighted by atomic mass is 10.1. The number of carbonyl (C=O) groups excluding carboxylic acids is 1.